The van der Waals surface area contributed by atoms with Crippen molar-refractivity contribution in [3.8, 4) is 0 Å². The molecule has 1 aliphatic heterocycles. The van der Waals surface area contributed by atoms with Gasteiger partial charge in [0.15, 0.2) is 22.8 Å². The van der Waals surface area contributed by atoms with E-state index in [2.05, 4.69) is 40.3 Å². The Morgan fingerprint density at radius 3 is 2.67 bits per heavy atom. The Bertz CT molecular complexity index is 1330. The van der Waals surface area contributed by atoms with E-state index in [1.807, 2.05) is 32.1 Å². The molecule has 1 saturated heterocycles. The molecule has 3 saturated carbocycles. The normalized spacial score (nSPS) is 42.0. The number of fused-ring (bicyclic) bond motifs is 7. The zero-order valence-corrected chi connectivity index (χ0v) is 27.1. The molecule has 2 N–H and O–H groups in total. The second-order valence-corrected chi connectivity index (χ2v) is 15.4. The Morgan fingerprint density at radius 1 is 1.26 bits per heavy atom. The summed E-state index contributed by atoms with van der Waals surface area (Å²) < 4.78 is 31.3. The second-order valence-electron chi connectivity index (χ2n) is 12.8. The largest absolute Gasteiger partial charge is 0.395 e. The number of ketones is 1. The highest BCUT2D eigenvalue weighted by Crippen LogP contribution is 2.72. The zero-order chi connectivity index (χ0) is 30.7. The van der Waals surface area contributed by atoms with Crippen molar-refractivity contribution in [2.45, 2.75) is 89.1 Å². The zero-order valence-electron chi connectivity index (χ0n) is 24.7. The third-order valence-corrected chi connectivity index (χ3v) is 12.1. The lowest BCUT2D eigenvalue weighted by molar-refractivity contribution is -0.246. The summed E-state index contributed by atoms with van der Waals surface area (Å²) >= 11 is 5.13. The molecule has 8 atom stereocenters. The molecular weight excluding hydrogens is 625 g/mol. The minimum absolute atomic E-state index is 0.0337. The van der Waals surface area contributed by atoms with E-state index in [0.717, 1.165) is 15.8 Å². The first-order valence-corrected chi connectivity index (χ1v) is 16.2. The third kappa shape index (κ3) is 4.46. The van der Waals surface area contributed by atoms with Crippen molar-refractivity contribution in [3.63, 3.8) is 0 Å². The number of Topliss-reactive ketones (excluding diaryl/α,β-unsaturated/α-hetero) is 1. The van der Waals surface area contributed by atoms with Crippen molar-refractivity contribution in [3.05, 3.63) is 57.8 Å². The average molecular weight is 667 g/mol. The summed E-state index contributed by atoms with van der Waals surface area (Å²) in [4.78, 5) is 20.1. The van der Waals surface area contributed by atoms with E-state index in [-0.39, 0.29) is 12.3 Å². The van der Waals surface area contributed by atoms with E-state index in [1.54, 1.807) is 31.3 Å². The van der Waals surface area contributed by atoms with Crippen molar-refractivity contribution in [1.29, 1.82) is 0 Å². The molecule has 0 aromatic carbocycles. The fourth-order valence-electron chi connectivity index (χ4n) is 8.75. The highest BCUT2D eigenvalue weighted by molar-refractivity contribution is 9.11. The maximum absolute atomic E-state index is 17.7. The number of rotatable bonds is 6. The van der Waals surface area contributed by atoms with Crippen LogP contribution in [-0.4, -0.2) is 64.2 Å². The molecule has 0 radical (unpaired) electrons. The molecule has 1 aromatic rings. The van der Waals surface area contributed by atoms with Crippen LogP contribution in [-0.2, 0) is 25.5 Å². The molecule has 5 aliphatic rings. The SMILES string of the molecule is C=C.CC1(C)O[C@@H]2C[C@H]3[C@@H]4CCC5=C/C(=N\OCCc6ccc(Br)s6)C=C[C@]5(C)[C@@]4(F)[C@@H](O)C[C@]3(C)[C@]2(C(=O)CO)O1. The fourth-order valence-corrected chi connectivity index (χ4v) is 10.2. The van der Waals surface area contributed by atoms with Crippen LogP contribution in [0.3, 0.4) is 0 Å². The van der Waals surface area contributed by atoms with Gasteiger partial charge in [-0.2, -0.15) is 0 Å². The first kappa shape index (κ1) is 31.7. The molecule has 0 bridgehead atoms. The smallest absolute Gasteiger partial charge is 0.193 e. The number of carbonyl (C=O) groups excluding carboxylic acids is 1. The number of aliphatic hydroxyl groups is 2. The summed E-state index contributed by atoms with van der Waals surface area (Å²) in [6.07, 6.45) is 5.94. The number of aliphatic hydroxyl groups excluding tert-OH is 2. The topological polar surface area (TPSA) is 97.6 Å². The summed E-state index contributed by atoms with van der Waals surface area (Å²) in [5, 5.41) is 25.9. The molecule has 4 aliphatic carbocycles. The molecular formula is C32H41BrFNO6S. The Labute approximate surface area is 259 Å². The van der Waals surface area contributed by atoms with Gasteiger partial charge >= 0.3 is 0 Å². The molecule has 2 heterocycles. The first-order valence-electron chi connectivity index (χ1n) is 14.5. The van der Waals surface area contributed by atoms with E-state index in [1.165, 1.54) is 4.88 Å². The van der Waals surface area contributed by atoms with E-state index in [9.17, 15) is 15.0 Å². The predicted molar refractivity (Wildman–Crippen MR) is 164 cm³/mol. The van der Waals surface area contributed by atoms with Gasteiger partial charge in [-0.05, 0) is 92.6 Å². The summed E-state index contributed by atoms with van der Waals surface area (Å²) in [6.45, 7) is 13.0. The van der Waals surface area contributed by atoms with Gasteiger partial charge in [-0.25, -0.2) is 4.39 Å². The summed E-state index contributed by atoms with van der Waals surface area (Å²) in [6, 6.07) is 4.06. The molecule has 10 heteroatoms. The number of allylic oxidation sites excluding steroid dienone is 4. The van der Waals surface area contributed by atoms with Gasteiger partial charge in [0.05, 0.1) is 16.0 Å². The fraction of sp³-hybridized carbons (Fsp3) is 0.625. The Hall–Kier alpha value is -1.69. The van der Waals surface area contributed by atoms with Crippen LogP contribution in [0.15, 0.2) is 58.0 Å². The molecule has 7 nitrogen and oxygen atoms in total. The number of carbonyl (C=O) groups is 1. The summed E-state index contributed by atoms with van der Waals surface area (Å²) in [5.74, 6) is -2.26. The van der Waals surface area contributed by atoms with Gasteiger partial charge in [0.1, 0.15) is 18.9 Å². The van der Waals surface area contributed by atoms with Gasteiger partial charge in [0.25, 0.3) is 0 Å². The number of nitrogens with zero attached hydrogens (tertiary/aromatic N) is 1. The summed E-state index contributed by atoms with van der Waals surface area (Å²) in [5.41, 5.74) is -3.79. The van der Waals surface area contributed by atoms with Crippen molar-refractivity contribution in [2.75, 3.05) is 13.2 Å². The number of ether oxygens (including phenoxy) is 2. The molecule has 0 amide bonds. The Morgan fingerprint density at radius 2 is 2.00 bits per heavy atom. The van der Waals surface area contributed by atoms with Crippen molar-refractivity contribution >= 4 is 38.8 Å². The molecule has 0 spiro atoms. The van der Waals surface area contributed by atoms with E-state index in [0.29, 0.717) is 31.6 Å². The van der Waals surface area contributed by atoms with Crippen LogP contribution < -0.4 is 0 Å². The minimum Gasteiger partial charge on any atom is -0.395 e. The molecule has 42 heavy (non-hydrogen) atoms. The second kappa shape index (κ2) is 11.0. The lowest BCUT2D eigenvalue weighted by atomic mass is 9.44. The number of alkyl halides is 1. The van der Waals surface area contributed by atoms with Crippen LogP contribution in [0.2, 0.25) is 0 Å². The van der Waals surface area contributed by atoms with Gasteiger partial charge in [0.2, 0.25) is 0 Å². The number of oxime groups is 1. The molecule has 230 valence electrons. The Kier molecular flexibility index (Phi) is 8.33. The van der Waals surface area contributed by atoms with E-state index in [4.69, 9.17) is 14.3 Å². The van der Waals surface area contributed by atoms with Crippen LogP contribution in [0.1, 0.15) is 58.3 Å². The van der Waals surface area contributed by atoms with Crippen LogP contribution in [0.4, 0.5) is 4.39 Å². The van der Waals surface area contributed by atoms with E-state index >= 15 is 4.39 Å². The molecule has 0 unspecified atom stereocenters. The van der Waals surface area contributed by atoms with Crippen LogP contribution in [0, 0.1) is 22.7 Å². The first-order chi connectivity index (χ1) is 19.8. The monoisotopic (exact) mass is 665 g/mol. The van der Waals surface area contributed by atoms with Crippen molar-refractivity contribution < 1.29 is 33.7 Å². The lowest BCUT2D eigenvalue weighted by Crippen LogP contribution is -2.70. The van der Waals surface area contributed by atoms with E-state index < -0.39 is 58.4 Å². The number of hydrogen-bond donors (Lipinski definition) is 2. The van der Waals surface area contributed by atoms with Gasteiger partial charge in [-0.3, -0.25) is 4.79 Å². The van der Waals surface area contributed by atoms with Crippen LogP contribution in [0.25, 0.3) is 0 Å². The highest BCUT2D eigenvalue weighted by atomic mass is 79.9. The van der Waals surface area contributed by atoms with Gasteiger partial charge in [-0.1, -0.05) is 23.7 Å². The standard InChI is InChI=1S/C30H37BrFNO6S.C2H4/c1-26(2)38-24-14-21-20-7-5-17-13-18(33-37-12-10-19-6-8-25(31)40-19)9-11-27(17,3)29(20,32)22(35)15-28(21,4)30(24,39-26)23(36)16-34;1-2/h6,8-9,11,13,20-22,24,34-35H,5,7,10,12,14-16H2,1-4H3;1-2H2/b33-18-;/t20-,21-,22-,24+,27-,28-,29-,30+;/m0./s1. The number of hydrogen-bond acceptors (Lipinski definition) is 8. The quantitative estimate of drug-likeness (QED) is 0.217. The van der Waals surface area contributed by atoms with Gasteiger partial charge < -0.3 is 24.5 Å². The average Bonchev–Trinajstić information content (AvgIpc) is 3.56. The van der Waals surface area contributed by atoms with Crippen LogP contribution in [0.5, 0.6) is 0 Å². The number of thiophene rings is 1. The Balaban J connectivity index is 0.00000173. The molecule has 6 rings (SSSR count). The van der Waals surface area contributed by atoms with Crippen molar-refractivity contribution in [2.24, 2.45) is 27.8 Å². The maximum atomic E-state index is 17.7. The minimum atomic E-state index is -1.95. The van der Waals surface area contributed by atoms with Gasteiger partial charge in [0, 0.05) is 28.0 Å². The predicted octanol–water partition coefficient (Wildman–Crippen LogP) is 6.09. The molecule has 1 aromatic heterocycles. The highest BCUT2D eigenvalue weighted by Gasteiger charge is 2.79. The van der Waals surface area contributed by atoms with Crippen molar-refractivity contribution in [1.82, 2.24) is 0 Å². The third-order valence-electron chi connectivity index (χ3n) is 10.4. The lowest BCUT2D eigenvalue weighted by Gasteiger charge is -2.62. The van der Waals surface area contributed by atoms with Crippen LogP contribution >= 0.6 is 27.3 Å². The van der Waals surface area contributed by atoms with Gasteiger partial charge in [-0.15, -0.1) is 24.5 Å². The molecule has 4 fully saturated rings. The number of halogens is 2. The maximum Gasteiger partial charge on any atom is 0.193 e. The summed E-state index contributed by atoms with van der Waals surface area (Å²) in [7, 11) is 0.